The molecular formula is C19H23N3O4. The Hall–Kier alpha value is -2.96. The Bertz CT molecular complexity index is 848. The van der Waals surface area contributed by atoms with Gasteiger partial charge in [-0.1, -0.05) is 32.9 Å². The van der Waals surface area contributed by atoms with Crippen LogP contribution in [0.3, 0.4) is 0 Å². The zero-order chi connectivity index (χ0) is 19.3. The lowest BCUT2D eigenvalue weighted by Gasteiger charge is -2.19. The number of rotatable bonds is 5. The van der Waals surface area contributed by atoms with Crippen LogP contribution in [0.15, 0.2) is 41.5 Å². The molecule has 0 fully saturated rings. The second-order valence-corrected chi connectivity index (χ2v) is 7.14. The summed E-state index contributed by atoms with van der Waals surface area (Å²) in [6.45, 7) is 6.02. The molecule has 1 aromatic carbocycles. The molecule has 0 radical (unpaired) electrons. The maximum absolute atomic E-state index is 12.5. The van der Waals surface area contributed by atoms with Crippen LogP contribution in [0.2, 0.25) is 0 Å². The van der Waals surface area contributed by atoms with Crippen LogP contribution in [0, 0.1) is 5.41 Å². The number of aromatic nitrogens is 2. The molecule has 1 N–H and O–H groups in total. The summed E-state index contributed by atoms with van der Waals surface area (Å²) in [4.78, 5) is 40.2. The van der Waals surface area contributed by atoms with Crippen molar-refractivity contribution in [1.82, 2.24) is 14.9 Å². The van der Waals surface area contributed by atoms with Crippen LogP contribution >= 0.6 is 0 Å². The molecule has 0 aliphatic carbocycles. The maximum atomic E-state index is 12.5. The van der Waals surface area contributed by atoms with Crippen LogP contribution in [0.5, 0.6) is 5.75 Å². The van der Waals surface area contributed by atoms with E-state index in [1.165, 1.54) is 0 Å². The van der Waals surface area contributed by atoms with E-state index in [0.29, 0.717) is 0 Å². The van der Waals surface area contributed by atoms with Crippen LogP contribution in [-0.4, -0.2) is 28.5 Å². The largest absolute Gasteiger partial charge is 0.497 e. The smallest absolute Gasteiger partial charge is 0.273 e. The van der Waals surface area contributed by atoms with Gasteiger partial charge < -0.3 is 10.1 Å². The number of benzene rings is 1. The van der Waals surface area contributed by atoms with Crippen LogP contribution < -0.4 is 15.6 Å². The van der Waals surface area contributed by atoms with Crippen molar-refractivity contribution in [2.45, 2.75) is 33.7 Å². The van der Waals surface area contributed by atoms with E-state index >= 15 is 0 Å². The number of carbonyl (C=O) groups excluding carboxylic acids is 2. The second-order valence-electron chi connectivity index (χ2n) is 7.14. The molecule has 0 aliphatic rings. The number of hydrogen-bond acceptors (Lipinski definition) is 5. The molecule has 0 spiro atoms. The minimum atomic E-state index is -0.570. The monoisotopic (exact) mass is 357 g/mol. The average Bonchev–Trinajstić information content (AvgIpc) is 2.58. The maximum Gasteiger partial charge on any atom is 0.273 e. The summed E-state index contributed by atoms with van der Waals surface area (Å²) in [6, 6.07) is 8.30. The fraction of sp³-hybridized carbons (Fsp3) is 0.368. The normalized spacial score (nSPS) is 11.1. The summed E-state index contributed by atoms with van der Waals surface area (Å²) >= 11 is 0. The highest BCUT2D eigenvalue weighted by atomic mass is 16.5. The van der Waals surface area contributed by atoms with E-state index in [1.807, 2.05) is 32.9 Å². The molecule has 26 heavy (non-hydrogen) atoms. The van der Waals surface area contributed by atoms with E-state index in [4.69, 9.17) is 4.74 Å². The van der Waals surface area contributed by atoms with E-state index in [9.17, 15) is 14.4 Å². The molecule has 7 heteroatoms. The minimum absolute atomic E-state index is 0.0206. The third-order valence-electron chi connectivity index (χ3n) is 3.62. The fourth-order valence-corrected chi connectivity index (χ4v) is 2.33. The van der Waals surface area contributed by atoms with Gasteiger partial charge >= 0.3 is 0 Å². The summed E-state index contributed by atoms with van der Waals surface area (Å²) in [7, 11) is 1.58. The molecule has 0 saturated carbocycles. The van der Waals surface area contributed by atoms with Gasteiger partial charge in [0.25, 0.3) is 11.5 Å². The van der Waals surface area contributed by atoms with Crippen molar-refractivity contribution in [2.24, 2.45) is 5.41 Å². The van der Waals surface area contributed by atoms with E-state index in [1.54, 1.807) is 19.2 Å². The summed E-state index contributed by atoms with van der Waals surface area (Å²) < 4.78 is 6.22. The molecule has 2 rings (SSSR count). The Balaban J connectivity index is 2.17. The molecule has 1 aromatic heterocycles. The highest BCUT2D eigenvalue weighted by molar-refractivity contribution is 5.96. The van der Waals surface area contributed by atoms with Gasteiger partial charge in [-0.3, -0.25) is 19.0 Å². The number of hydrogen-bond donors (Lipinski definition) is 1. The van der Waals surface area contributed by atoms with Crippen LogP contribution in [0.4, 0.5) is 0 Å². The summed E-state index contributed by atoms with van der Waals surface area (Å²) in [5, 5.41) is 2.72. The summed E-state index contributed by atoms with van der Waals surface area (Å²) in [5.74, 6) is -0.0852. The van der Waals surface area contributed by atoms with E-state index < -0.39 is 11.5 Å². The Morgan fingerprint density at radius 3 is 2.42 bits per heavy atom. The zero-order valence-electron chi connectivity index (χ0n) is 15.4. The van der Waals surface area contributed by atoms with Gasteiger partial charge in [-0.2, -0.15) is 4.98 Å². The lowest BCUT2D eigenvalue weighted by molar-refractivity contribution is 0.0825. The molecule has 0 unspecified atom stereocenters. The number of nitrogens with zero attached hydrogens (tertiary/aromatic N) is 2. The fourth-order valence-electron chi connectivity index (χ4n) is 2.33. The summed E-state index contributed by atoms with van der Waals surface area (Å²) in [6.07, 6.45) is 1.33. The van der Waals surface area contributed by atoms with Gasteiger partial charge in [0, 0.05) is 19.0 Å². The topological polar surface area (TPSA) is 90.3 Å². The molecule has 0 saturated heterocycles. The highest BCUT2D eigenvalue weighted by Gasteiger charge is 2.21. The molecular weight excluding hydrogens is 334 g/mol. The third-order valence-corrected chi connectivity index (χ3v) is 3.62. The standard InChI is InChI=1S/C19H23N3O4/c1-19(2,3)10-17(24)22-12-21-16(23)9-15(22)18(25)20-11-13-5-7-14(26-4)8-6-13/h5-9,12H,10-11H2,1-4H3,(H,20,25). The van der Waals surface area contributed by atoms with Crippen LogP contribution in [-0.2, 0) is 6.54 Å². The van der Waals surface area contributed by atoms with Crippen LogP contribution in [0.1, 0.15) is 48.0 Å². The first kappa shape index (κ1) is 19.4. The predicted octanol–water partition coefficient (Wildman–Crippen LogP) is 2.26. The van der Waals surface area contributed by atoms with Gasteiger partial charge in [-0.05, 0) is 23.1 Å². The first-order valence-corrected chi connectivity index (χ1v) is 8.22. The van der Waals surface area contributed by atoms with Crippen molar-refractivity contribution in [2.75, 3.05) is 7.11 Å². The van der Waals surface area contributed by atoms with E-state index in [2.05, 4.69) is 10.3 Å². The molecule has 2 aromatic rings. The Morgan fingerprint density at radius 1 is 1.19 bits per heavy atom. The van der Waals surface area contributed by atoms with Crippen molar-refractivity contribution in [3.05, 3.63) is 58.3 Å². The summed E-state index contributed by atoms with van der Waals surface area (Å²) in [5.41, 5.74) is 0.0205. The van der Waals surface area contributed by atoms with Gasteiger partial charge in [-0.15, -0.1) is 0 Å². The predicted molar refractivity (Wildman–Crippen MR) is 97.4 cm³/mol. The Kier molecular flexibility index (Phi) is 5.92. The first-order chi connectivity index (χ1) is 12.2. The zero-order valence-corrected chi connectivity index (χ0v) is 15.4. The van der Waals surface area contributed by atoms with E-state index in [0.717, 1.165) is 28.3 Å². The SMILES string of the molecule is COc1ccc(CNC(=O)c2cc(=O)ncn2C(=O)CC(C)(C)C)cc1. The number of amides is 1. The lowest BCUT2D eigenvalue weighted by Crippen LogP contribution is -2.32. The minimum Gasteiger partial charge on any atom is -0.497 e. The van der Waals surface area contributed by atoms with Crippen molar-refractivity contribution in [3.63, 3.8) is 0 Å². The van der Waals surface area contributed by atoms with Gasteiger partial charge in [0.15, 0.2) is 0 Å². The average molecular weight is 357 g/mol. The molecule has 0 bridgehead atoms. The van der Waals surface area contributed by atoms with Gasteiger partial charge in [0.05, 0.1) is 7.11 Å². The molecule has 138 valence electrons. The number of methoxy groups -OCH3 is 1. The lowest BCUT2D eigenvalue weighted by atomic mass is 9.92. The van der Waals surface area contributed by atoms with Gasteiger partial charge in [0.1, 0.15) is 17.8 Å². The highest BCUT2D eigenvalue weighted by Crippen LogP contribution is 2.19. The molecule has 7 nitrogen and oxygen atoms in total. The number of carbonyl (C=O) groups is 2. The van der Waals surface area contributed by atoms with Crippen molar-refractivity contribution < 1.29 is 14.3 Å². The van der Waals surface area contributed by atoms with Crippen molar-refractivity contribution in [1.29, 1.82) is 0 Å². The van der Waals surface area contributed by atoms with Crippen LogP contribution in [0.25, 0.3) is 0 Å². The molecule has 0 aliphatic heterocycles. The Morgan fingerprint density at radius 2 is 1.85 bits per heavy atom. The molecule has 1 heterocycles. The number of ether oxygens (including phenoxy) is 1. The third kappa shape index (κ3) is 5.27. The van der Waals surface area contributed by atoms with E-state index in [-0.39, 0.29) is 30.0 Å². The first-order valence-electron chi connectivity index (χ1n) is 8.22. The van der Waals surface area contributed by atoms with Crippen molar-refractivity contribution >= 4 is 11.8 Å². The van der Waals surface area contributed by atoms with Gasteiger partial charge in [-0.25, -0.2) is 0 Å². The van der Waals surface area contributed by atoms with Crippen molar-refractivity contribution in [3.8, 4) is 5.75 Å². The second kappa shape index (κ2) is 7.95. The quantitative estimate of drug-likeness (QED) is 0.886. The Labute approximate surface area is 152 Å². The molecule has 1 amide bonds. The number of nitrogens with one attached hydrogen (secondary N) is 1. The van der Waals surface area contributed by atoms with Gasteiger partial charge in [0.2, 0.25) is 5.91 Å². The molecule has 0 atom stereocenters.